The minimum Gasteiger partial charge on any atom is -0.493 e. The molecule has 0 spiro atoms. The Labute approximate surface area is 257 Å². The molecule has 4 rings (SSSR count). The Morgan fingerprint density at radius 1 is 0.955 bits per heavy atom. The molecular weight excluding hydrogens is 562 g/mol. The van der Waals surface area contributed by atoms with E-state index in [0.717, 1.165) is 33.4 Å². The summed E-state index contributed by atoms with van der Waals surface area (Å²) < 4.78 is 45.4. The first-order valence-electron chi connectivity index (χ1n) is 14.3. The fraction of sp³-hybridized carbons (Fsp3) is 0.229. The van der Waals surface area contributed by atoms with E-state index in [1.807, 2.05) is 45.0 Å². The Morgan fingerprint density at radius 2 is 1.66 bits per heavy atom. The summed E-state index contributed by atoms with van der Waals surface area (Å²) in [4.78, 5) is 4.41. The lowest BCUT2D eigenvalue weighted by Crippen LogP contribution is -2.18. The van der Waals surface area contributed by atoms with Crippen molar-refractivity contribution in [2.75, 3.05) is 31.2 Å². The van der Waals surface area contributed by atoms with Gasteiger partial charge in [0, 0.05) is 36.3 Å². The molecule has 4 aromatic rings. The lowest BCUT2D eigenvalue weighted by molar-refractivity contribution is 0.0395. The number of anilines is 2. The van der Waals surface area contributed by atoms with Gasteiger partial charge in [-0.15, -0.1) is 0 Å². The van der Waals surface area contributed by atoms with Crippen molar-refractivity contribution >= 4 is 17.1 Å². The van der Waals surface area contributed by atoms with Crippen molar-refractivity contribution in [1.29, 1.82) is 0 Å². The quantitative estimate of drug-likeness (QED) is 0.150. The number of rotatable bonds is 13. The predicted molar refractivity (Wildman–Crippen MR) is 173 cm³/mol. The minimum absolute atomic E-state index is 0.0406. The molecule has 0 saturated carbocycles. The fourth-order valence-electron chi connectivity index (χ4n) is 4.49. The van der Waals surface area contributed by atoms with Crippen LogP contribution in [0.4, 0.5) is 20.4 Å². The molecule has 1 atom stereocenters. The van der Waals surface area contributed by atoms with E-state index in [-0.39, 0.29) is 11.9 Å². The van der Waals surface area contributed by atoms with Gasteiger partial charge in [-0.25, -0.2) is 9.37 Å². The Hall–Kier alpha value is -4.89. The highest BCUT2D eigenvalue weighted by Gasteiger charge is 2.13. The number of nitrogens with one attached hydrogen (secondary N) is 1. The summed E-state index contributed by atoms with van der Waals surface area (Å²) in [6.07, 6.45) is 4.95. The Kier molecular flexibility index (Phi) is 10.9. The van der Waals surface area contributed by atoms with Crippen LogP contribution in [0, 0.1) is 5.82 Å². The van der Waals surface area contributed by atoms with Crippen LogP contribution in [0.2, 0.25) is 0 Å². The van der Waals surface area contributed by atoms with Gasteiger partial charge in [-0.05, 0) is 92.4 Å². The van der Waals surface area contributed by atoms with Gasteiger partial charge in [0.15, 0.2) is 11.5 Å². The average Bonchev–Trinajstić information content (AvgIpc) is 3.04. The van der Waals surface area contributed by atoms with Crippen molar-refractivity contribution in [3.63, 3.8) is 0 Å². The van der Waals surface area contributed by atoms with Crippen LogP contribution in [-0.4, -0.2) is 31.4 Å². The zero-order chi connectivity index (χ0) is 31.6. The second kappa shape index (κ2) is 15.0. The molecule has 3 aromatic carbocycles. The van der Waals surface area contributed by atoms with E-state index in [2.05, 4.69) is 10.3 Å². The summed E-state index contributed by atoms with van der Waals surface area (Å²) in [5.41, 5.74) is 11.9. The molecule has 0 aliphatic heterocycles. The number of aromatic nitrogens is 1. The summed E-state index contributed by atoms with van der Waals surface area (Å²) in [7, 11) is 1.60. The molecule has 1 aromatic heterocycles. The summed E-state index contributed by atoms with van der Waals surface area (Å²) in [5, 5.41) is 3.58. The highest BCUT2D eigenvalue weighted by Crippen LogP contribution is 2.36. The average molecular weight is 601 g/mol. The van der Waals surface area contributed by atoms with E-state index in [0.29, 0.717) is 47.0 Å². The smallest absolute Gasteiger partial charge is 0.161 e. The molecule has 9 heteroatoms. The molecule has 44 heavy (non-hydrogen) atoms. The van der Waals surface area contributed by atoms with Gasteiger partial charge in [-0.1, -0.05) is 34.8 Å². The maximum Gasteiger partial charge on any atom is 0.161 e. The molecule has 0 aliphatic rings. The molecule has 0 saturated heterocycles. The number of pyridine rings is 1. The van der Waals surface area contributed by atoms with Crippen molar-refractivity contribution in [3.05, 3.63) is 108 Å². The van der Waals surface area contributed by atoms with Crippen LogP contribution in [-0.2, 0) is 4.74 Å². The van der Waals surface area contributed by atoms with Crippen molar-refractivity contribution in [2.24, 2.45) is 0 Å². The van der Waals surface area contributed by atoms with Gasteiger partial charge in [0.25, 0.3) is 0 Å². The number of halogens is 2. The number of ether oxygens (including phenoxy) is 3. The fourth-order valence-corrected chi connectivity index (χ4v) is 4.49. The lowest BCUT2D eigenvalue weighted by atomic mass is 10.0. The zero-order valence-electron chi connectivity index (χ0n) is 25.6. The van der Waals surface area contributed by atoms with Crippen LogP contribution in [0.3, 0.4) is 0 Å². The van der Waals surface area contributed by atoms with Gasteiger partial charge in [-0.2, -0.15) is 5.12 Å². The van der Waals surface area contributed by atoms with Crippen LogP contribution >= 0.6 is 0 Å². The first-order chi connectivity index (χ1) is 21.2. The molecule has 0 amide bonds. The Bertz CT molecular complexity index is 1610. The molecule has 1 heterocycles. The van der Waals surface area contributed by atoms with E-state index in [1.165, 1.54) is 12.1 Å². The normalized spacial score (nSPS) is 12.5. The van der Waals surface area contributed by atoms with Crippen LogP contribution in [0.15, 0.2) is 97.1 Å². The van der Waals surface area contributed by atoms with Crippen molar-refractivity contribution in [1.82, 2.24) is 10.3 Å². The third-order valence-corrected chi connectivity index (χ3v) is 6.95. The number of benzene rings is 3. The van der Waals surface area contributed by atoms with E-state index in [9.17, 15) is 4.39 Å². The maximum absolute atomic E-state index is 15.2. The first-order valence-corrected chi connectivity index (χ1v) is 14.3. The van der Waals surface area contributed by atoms with E-state index >= 15 is 4.48 Å². The molecule has 3 N–H and O–H groups in total. The third-order valence-electron chi connectivity index (χ3n) is 6.95. The van der Waals surface area contributed by atoms with Crippen molar-refractivity contribution < 1.29 is 23.1 Å². The number of nitrogen functional groups attached to an aromatic ring is 1. The Balaban J connectivity index is 1.47. The van der Waals surface area contributed by atoms with Crippen LogP contribution < -0.4 is 25.6 Å². The summed E-state index contributed by atoms with van der Waals surface area (Å²) in [6, 6.07) is 20.8. The number of hydrogen-bond acceptors (Lipinski definition) is 7. The standard InChI is InChI=1S/C35H38F2N4O3/c1-6-43-25(4)22-44-33-16-11-28(18-34(33)42-5)29-17-32(35(38)40-21-29)27-9-14-31(15-10-27)41(37)24(3)20-39-19-23(2)26-7-12-30(36)13-8-26/h7-21,25,39H,6,22H2,1-5H3,(H2,38,40)/b23-19+,24-20+. The molecule has 0 radical (unpaired) electrons. The summed E-state index contributed by atoms with van der Waals surface area (Å²) in [5.74, 6) is 1.28. The third kappa shape index (κ3) is 8.14. The number of methoxy groups -OCH3 is 1. The topological polar surface area (TPSA) is 81.9 Å². The van der Waals surface area contributed by atoms with Crippen molar-refractivity contribution in [3.8, 4) is 33.8 Å². The van der Waals surface area contributed by atoms with Gasteiger partial charge in [-0.3, -0.25) is 0 Å². The highest BCUT2D eigenvalue weighted by atomic mass is 19.2. The lowest BCUT2D eigenvalue weighted by Gasteiger charge is -2.16. The number of nitrogens with two attached hydrogens (primary N) is 1. The molecule has 0 bridgehead atoms. The number of allylic oxidation sites excluding steroid dienone is 2. The van der Waals surface area contributed by atoms with Gasteiger partial charge in [0.05, 0.1) is 24.6 Å². The Morgan fingerprint density at radius 3 is 2.34 bits per heavy atom. The minimum atomic E-state index is -0.295. The number of nitrogens with zero attached hydrogens (tertiary/aromatic N) is 2. The molecule has 7 nitrogen and oxygen atoms in total. The predicted octanol–water partition coefficient (Wildman–Crippen LogP) is 8.15. The van der Waals surface area contributed by atoms with E-state index < -0.39 is 0 Å². The van der Waals surface area contributed by atoms with Crippen LogP contribution in [0.5, 0.6) is 11.5 Å². The van der Waals surface area contributed by atoms with Gasteiger partial charge < -0.3 is 25.3 Å². The molecular formula is C35H38F2N4O3. The molecule has 0 aliphatic carbocycles. The first kappa shape index (κ1) is 32.0. The van der Waals surface area contributed by atoms with Crippen LogP contribution in [0.25, 0.3) is 27.8 Å². The van der Waals surface area contributed by atoms with Gasteiger partial charge in [0.1, 0.15) is 18.2 Å². The van der Waals surface area contributed by atoms with Crippen LogP contribution in [0.1, 0.15) is 33.3 Å². The highest BCUT2D eigenvalue weighted by molar-refractivity contribution is 5.80. The maximum atomic E-state index is 15.2. The van der Waals surface area contributed by atoms with Gasteiger partial charge >= 0.3 is 0 Å². The number of hydrogen-bond donors (Lipinski definition) is 2. The second-order valence-electron chi connectivity index (χ2n) is 10.2. The van der Waals surface area contributed by atoms with Gasteiger partial charge in [0.2, 0.25) is 0 Å². The van der Waals surface area contributed by atoms with E-state index in [1.54, 1.807) is 69.0 Å². The monoisotopic (exact) mass is 600 g/mol. The molecule has 230 valence electrons. The summed E-state index contributed by atoms with van der Waals surface area (Å²) >= 11 is 0. The SMILES string of the molecule is CCOC(C)COc1ccc(-c2cnc(N)c(-c3ccc(N(F)/C(C)=C/N/C=C(\C)c4ccc(F)cc4)cc3)c2)cc1OC. The second-order valence-corrected chi connectivity index (χ2v) is 10.2. The van der Waals surface area contributed by atoms with E-state index in [4.69, 9.17) is 19.9 Å². The largest absolute Gasteiger partial charge is 0.493 e. The van der Waals surface area contributed by atoms with Crippen molar-refractivity contribution in [2.45, 2.75) is 33.8 Å². The zero-order valence-corrected chi connectivity index (χ0v) is 25.6. The summed E-state index contributed by atoms with van der Waals surface area (Å²) in [6.45, 7) is 8.46. The molecule has 0 fully saturated rings. The molecule has 1 unspecified atom stereocenters.